The van der Waals surface area contributed by atoms with E-state index in [0.29, 0.717) is 38.3 Å². The molecule has 192 valence electrons. The van der Waals surface area contributed by atoms with E-state index in [2.05, 4.69) is 48.3 Å². The van der Waals surface area contributed by atoms with Gasteiger partial charge in [0.15, 0.2) is 0 Å². The maximum atomic E-state index is 13.4. The van der Waals surface area contributed by atoms with Gasteiger partial charge in [-0.3, -0.25) is 19.5 Å². The van der Waals surface area contributed by atoms with Crippen molar-refractivity contribution in [3.05, 3.63) is 53.9 Å². The van der Waals surface area contributed by atoms with E-state index < -0.39 is 11.1 Å². The second-order valence-corrected chi connectivity index (χ2v) is 11.4. The molecule has 0 bridgehead atoms. The molecule has 37 heavy (non-hydrogen) atoms. The van der Waals surface area contributed by atoms with Crippen molar-refractivity contribution < 1.29 is 14.7 Å². The van der Waals surface area contributed by atoms with Gasteiger partial charge < -0.3 is 14.6 Å². The highest BCUT2D eigenvalue weighted by Crippen LogP contribution is 2.38. The van der Waals surface area contributed by atoms with E-state index in [1.807, 2.05) is 36.7 Å². The second kappa shape index (κ2) is 8.25. The molecule has 0 unspecified atom stereocenters. The lowest BCUT2D eigenvalue weighted by atomic mass is 9.98. The molecule has 0 radical (unpaired) electrons. The topological polar surface area (TPSA) is 91.0 Å². The van der Waals surface area contributed by atoms with Gasteiger partial charge in [0.25, 0.3) is 11.8 Å². The minimum atomic E-state index is -1.15. The highest BCUT2D eigenvalue weighted by atomic mass is 16.3. The number of hydrogen-bond acceptors (Lipinski definition) is 5. The van der Waals surface area contributed by atoms with Gasteiger partial charge in [-0.25, -0.2) is 4.98 Å². The van der Waals surface area contributed by atoms with Crippen molar-refractivity contribution in [2.24, 2.45) is 18.0 Å². The molecule has 1 saturated heterocycles. The normalized spacial score (nSPS) is 22.1. The van der Waals surface area contributed by atoms with E-state index in [9.17, 15) is 14.7 Å². The van der Waals surface area contributed by atoms with Crippen molar-refractivity contribution in [2.45, 2.75) is 51.2 Å². The Hall–Kier alpha value is -3.52. The zero-order chi connectivity index (χ0) is 26.1. The van der Waals surface area contributed by atoms with Crippen molar-refractivity contribution in [1.29, 1.82) is 0 Å². The number of imidazole rings is 1. The minimum Gasteiger partial charge on any atom is -0.380 e. The molecule has 1 N–H and O–H groups in total. The molecule has 1 saturated carbocycles. The van der Waals surface area contributed by atoms with Gasteiger partial charge >= 0.3 is 0 Å². The molecule has 3 heterocycles. The van der Waals surface area contributed by atoms with Gasteiger partial charge in [0.1, 0.15) is 17.0 Å². The summed E-state index contributed by atoms with van der Waals surface area (Å²) in [5, 5.41) is 10.2. The molecule has 0 spiro atoms. The van der Waals surface area contributed by atoms with Crippen LogP contribution < -0.4 is 0 Å². The first-order valence-corrected chi connectivity index (χ1v) is 13.0. The summed E-state index contributed by atoms with van der Waals surface area (Å²) in [5.41, 5.74) is 4.25. The molecule has 2 aromatic carbocycles. The number of carbonyl (C=O) groups excluding carboxylic acids is 2. The van der Waals surface area contributed by atoms with Crippen LogP contribution in [0.3, 0.4) is 0 Å². The molecule has 1 atom stereocenters. The second-order valence-electron chi connectivity index (χ2n) is 11.4. The van der Waals surface area contributed by atoms with E-state index in [-0.39, 0.29) is 17.7 Å². The van der Waals surface area contributed by atoms with E-state index in [1.54, 1.807) is 4.90 Å². The van der Waals surface area contributed by atoms with Crippen molar-refractivity contribution in [2.75, 3.05) is 19.6 Å². The molecule has 3 aromatic rings. The Kier molecular flexibility index (Phi) is 5.32. The maximum absolute atomic E-state index is 13.4. The Labute approximate surface area is 216 Å². The smallest absolute Gasteiger partial charge is 0.255 e. The van der Waals surface area contributed by atoms with Crippen molar-refractivity contribution in [3.8, 4) is 11.1 Å². The average molecular weight is 500 g/mol. The number of nitrogens with zero attached hydrogens (tertiary/aromatic N) is 5. The van der Waals surface area contributed by atoms with Crippen LogP contribution in [0.2, 0.25) is 0 Å². The first kappa shape index (κ1) is 23.9. The average Bonchev–Trinajstić information content (AvgIpc) is 3.19. The molecule has 1 aliphatic carbocycles. The van der Waals surface area contributed by atoms with Crippen LogP contribution in [0.25, 0.3) is 22.2 Å². The third-order valence-electron chi connectivity index (χ3n) is 8.07. The first-order valence-electron chi connectivity index (χ1n) is 13.0. The van der Waals surface area contributed by atoms with Crippen LogP contribution in [-0.2, 0) is 16.6 Å². The van der Waals surface area contributed by atoms with E-state index in [4.69, 9.17) is 4.99 Å². The number of hydrogen-bond donors (Lipinski definition) is 1. The van der Waals surface area contributed by atoms with Crippen LogP contribution in [0, 0.1) is 12.8 Å². The Balaban J connectivity index is 1.25. The molecule has 2 fully saturated rings. The lowest BCUT2D eigenvalue weighted by Crippen LogP contribution is -2.43. The number of benzene rings is 2. The minimum absolute atomic E-state index is 0.0165. The van der Waals surface area contributed by atoms with Crippen LogP contribution in [0.5, 0.6) is 0 Å². The number of aryl methyl sites for hydroxylation is 2. The van der Waals surface area contributed by atoms with Crippen LogP contribution >= 0.6 is 0 Å². The summed E-state index contributed by atoms with van der Waals surface area (Å²) >= 11 is 0. The lowest BCUT2D eigenvalue weighted by Gasteiger charge is -2.25. The monoisotopic (exact) mass is 499 g/mol. The Morgan fingerprint density at radius 3 is 2.59 bits per heavy atom. The Morgan fingerprint density at radius 2 is 1.86 bits per heavy atom. The predicted octanol–water partition coefficient (Wildman–Crippen LogP) is 3.29. The number of aliphatic imine (C=N–C) groups is 1. The zero-order valence-electron chi connectivity index (χ0n) is 21.9. The number of rotatable bonds is 5. The molecule has 3 aliphatic rings. The number of aliphatic hydroxyl groups is 1. The molecule has 6 rings (SSSR count). The number of amidine groups is 1. The number of fused-ring (bicyclic) bond motifs is 1. The summed E-state index contributed by atoms with van der Waals surface area (Å²) in [5.74, 6) is 0.674. The zero-order valence-corrected chi connectivity index (χ0v) is 21.9. The fourth-order valence-corrected chi connectivity index (χ4v) is 5.64. The fraction of sp³-hybridized carbons (Fsp3) is 0.448. The van der Waals surface area contributed by atoms with Gasteiger partial charge in [-0.2, -0.15) is 0 Å². The summed E-state index contributed by atoms with van der Waals surface area (Å²) in [6.45, 7) is 7.47. The summed E-state index contributed by atoms with van der Waals surface area (Å²) in [6.07, 6.45) is 3.73. The highest BCUT2D eigenvalue weighted by Gasteiger charge is 2.51. The standard InChI is InChI=1S/C29H33N5O3/c1-18-13-20(21-6-8-24-23(14-21)30-17-32(24)4)5-7-22(18)25-31-28(2,3)26(35)34(25)16-19-9-12-33(15-19)27(36)29(37)10-11-29/h5-8,13-14,17,19,37H,9-12,15-16H2,1-4H3/t19-/m1/s1. The lowest BCUT2D eigenvalue weighted by molar-refractivity contribution is -0.141. The molecular weight excluding hydrogens is 466 g/mol. The van der Waals surface area contributed by atoms with Crippen molar-refractivity contribution >= 4 is 28.7 Å². The highest BCUT2D eigenvalue weighted by molar-refractivity contribution is 6.15. The van der Waals surface area contributed by atoms with Crippen molar-refractivity contribution in [3.63, 3.8) is 0 Å². The summed E-state index contributed by atoms with van der Waals surface area (Å²) in [4.78, 5) is 38.9. The molecule has 2 aliphatic heterocycles. The molecule has 1 aromatic heterocycles. The van der Waals surface area contributed by atoms with Crippen LogP contribution in [0.15, 0.2) is 47.7 Å². The number of aromatic nitrogens is 2. The summed E-state index contributed by atoms with van der Waals surface area (Å²) in [6, 6.07) is 12.6. The third kappa shape index (κ3) is 4.03. The Bertz CT molecular complexity index is 1470. The molecule has 8 nitrogen and oxygen atoms in total. The van der Waals surface area contributed by atoms with E-state index in [0.717, 1.165) is 39.7 Å². The first-order chi connectivity index (χ1) is 17.6. The van der Waals surface area contributed by atoms with Gasteiger partial charge in [-0.1, -0.05) is 24.3 Å². The largest absolute Gasteiger partial charge is 0.380 e. The van der Waals surface area contributed by atoms with Gasteiger partial charge in [0.2, 0.25) is 0 Å². The van der Waals surface area contributed by atoms with Crippen LogP contribution in [-0.4, -0.2) is 72.9 Å². The fourth-order valence-electron chi connectivity index (χ4n) is 5.64. The maximum Gasteiger partial charge on any atom is 0.255 e. The quantitative estimate of drug-likeness (QED) is 0.583. The van der Waals surface area contributed by atoms with Crippen molar-refractivity contribution in [1.82, 2.24) is 19.4 Å². The predicted molar refractivity (Wildman–Crippen MR) is 142 cm³/mol. The number of carbonyl (C=O) groups is 2. The number of likely N-dealkylation sites (tertiary alicyclic amines) is 1. The Morgan fingerprint density at radius 1 is 1.14 bits per heavy atom. The number of amides is 2. The van der Waals surface area contributed by atoms with Gasteiger partial charge in [-0.15, -0.1) is 0 Å². The molecule has 2 amide bonds. The summed E-state index contributed by atoms with van der Waals surface area (Å²) in [7, 11) is 1.99. The summed E-state index contributed by atoms with van der Waals surface area (Å²) < 4.78 is 2.01. The van der Waals surface area contributed by atoms with Gasteiger partial charge in [0, 0.05) is 32.2 Å². The molecule has 8 heteroatoms. The SMILES string of the molecule is Cc1cc(-c2ccc3c(c2)ncn3C)ccc1C1=NC(C)(C)C(=O)N1C[C@@H]1CCN(C(=O)C2(O)CC2)C1. The third-order valence-corrected chi connectivity index (χ3v) is 8.07. The van der Waals surface area contributed by atoms with Crippen LogP contribution in [0.1, 0.15) is 44.2 Å². The van der Waals surface area contributed by atoms with E-state index in [1.165, 1.54) is 0 Å². The van der Waals surface area contributed by atoms with Gasteiger partial charge in [0.05, 0.1) is 17.4 Å². The van der Waals surface area contributed by atoms with Gasteiger partial charge in [-0.05, 0) is 74.8 Å². The van der Waals surface area contributed by atoms with E-state index >= 15 is 0 Å². The molecular formula is C29H33N5O3. The van der Waals surface area contributed by atoms with Crippen LogP contribution in [0.4, 0.5) is 0 Å².